The molecule has 3 rings (SSSR count). The summed E-state index contributed by atoms with van der Waals surface area (Å²) >= 11 is 1.57. The first-order valence-corrected chi connectivity index (χ1v) is 11.2. The number of carbonyl (C=O) groups excluding carboxylic acids is 2. The van der Waals surface area contributed by atoms with Crippen molar-refractivity contribution in [1.29, 1.82) is 0 Å². The standard InChI is InChI=1S/C21H30N6O2S/c1-3-27(21(29)25-12-14-6-8-24-9-7-14)19(28)16(13-23-2)10-15-4-5-18-17(11-15)26-20(22)30-18/h6-9,15-16,23H,3-5,10-13H2,1-2H3,(H2,22,26)(H,25,29). The third kappa shape index (κ3) is 5.54. The first kappa shape index (κ1) is 22.2. The third-order valence-corrected chi connectivity index (χ3v) is 6.48. The minimum absolute atomic E-state index is 0.136. The van der Waals surface area contributed by atoms with Crippen molar-refractivity contribution >= 4 is 28.4 Å². The van der Waals surface area contributed by atoms with Crippen LogP contribution in [0.1, 0.15) is 35.9 Å². The molecule has 2 unspecified atom stereocenters. The maximum atomic E-state index is 13.2. The molecule has 1 aliphatic carbocycles. The van der Waals surface area contributed by atoms with Gasteiger partial charge in [0.2, 0.25) is 5.91 Å². The van der Waals surface area contributed by atoms with Gasteiger partial charge in [-0.15, -0.1) is 11.3 Å². The number of hydrogen-bond donors (Lipinski definition) is 3. The SMILES string of the molecule is CCN(C(=O)NCc1ccncc1)C(=O)C(CNC)CC1CCc2sc(N)nc2C1. The number of rotatable bonds is 8. The summed E-state index contributed by atoms with van der Waals surface area (Å²) in [4.78, 5) is 36.9. The highest BCUT2D eigenvalue weighted by atomic mass is 32.1. The van der Waals surface area contributed by atoms with Crippen molar-refractivity contribution < 1.29 is 9.59 Å². The largest absolute Gasteiger partial charge is 0.375 e. The second-order valence-corrected chi connectivity index (χ2v) is 8.73. The zero-order valence-corrected chi connectivity index (χ0v) is 18.4. The molecule has 0 bridgehead atoms. The van der Waals surface area contributed by atoms with Crippen molar-refractivity contribution in [3.8, 4) is 0 Å². The fourth-order valence-electron chi connectivity index (χ4n) is 3.98. The maximum Gasteiger partial charge on any atom is 0.324 e. The Hall–Kier alpha value is -2.52. The van der Waals surface area contributed by atoms with Crippen molar-refractivity contribution in [1.82, 2.24) is 25.5 Å². The summed E-state index contributed by atoms with van der Waals surface area (Å²) in [6.45, 7) is 3.05. The molecule has 8 nitrogen and oxygen atoms in total. The lowest BCUT2D eigenvalue weighted by atomic mass is 9.83. The van der Waals surface area contributed by atoms with E-state index in [2.05, 4.69) is 20.6 Å². The Morgan fingerprint density at radius 3 is 2.83 bits per heavy atom. The summed E-state index contributed by atoms with van der Waals surface area (Å²) in [5.74, 6) is -0.0355. The fraction of sp³-hybridized carbons (Fsp3) is 0.524. The zero-order valence-electron chi connectivity index (χ0n) is 17.6. The Balaban J connectivity index is 1.61. The van der Waals surface area contributed by atoms with Crippen LogP contribution in [0.15, 0.2) is 24.5 Å². The van der Waals surface area contributed by atoms with Crippen molar-refractivity contribution in [3.63, 3.8) is 0 Å². The van der Waals surface area contributed by atoms with Crippen LogP contribution in [0.5, 0.6) is 0 Å². The van der Waals surface area contributed by atoms with Crippen molar-refractivity contribution in [2.45, 2.75) is 39.2 Å². The molecule has 0 saturated heterocycles. The van der Waals surface area contributed by atoms with Gasteiger partial charge < -0.3 is 16.4 Å². The van der Waals surface area contributed by atoms with Gasteiger partial charge in [0.05, 0.1) is 11.6 Å². The molecule has 0 fully saturated rings. The Kier molecular flexibility index (Phi) is 7.75. The van der Waals surface area contributed by atoms with Gasteiger partial charge in [-0.05, 0) is 63.3 Å². The summed E-state index contributed by atoms with van der Waals surface area (Å²) in [5, 5.41) is 6.58. The predicted molar refractivity (Wildman–Crippen MR) is 118 cm³/mol. The number of urea groups is 1. The Labute approximate surface area is 181 Å². The number of nitrogen functional groups attached to an aromatic ring is 1. The number of nitrogens with one attached hydrogen (secondary N) is 2. The Morgan fingerprint density at radius 1 is 1.37 bits per heavy atom. The monoisotopic (exact) mass is 430 g/mol. The number of thiazole rings is 1. The number of hydrogen-bond acceptors (Lipinski definition) is 7. The molecule has 0 saturated carbocycles. The van der Waals surface area contributed by atoms with Gasteiger partial charge in [0.1, 0.15) is 0 Å². The molecule has 2 atom stereocenters. The Bertz CT molecular complexity index is 856. The lowest BCUT2D eigenvalue weighted by Gasteiger charge is -2.29. The summed E-state index contributed by atoms with van der Waals surface area (Å²) < 4.78 is 0. The summed E-state index contributed by atoms with van der Waals surface area (Å²) in [6, 6.07) is 3.31. The fourth-order valence-corrected chi connectivity index (χ4v) is 4.86. The van der Waals surface area contributed by atoms with E-state index in [1.807, 2.05) is 26.1 Å². The van der Waals surface area contributed by atoms with E-state index in [4.69, 9.17) is 5.73 Å². The highest BCUT2D eigenvalue weighted by Crippen LogP contribution is 2.33. The smallest absolute Gasteiger partial charge is 0.324 e. The average Bonchev–Trinajstić information content (AvgIpc) is 3.12. The van der Waals surface area contributed by atoms with Gasteiger partial charge in [0.25, 0.3) is 0 Å². The lowest BCUT2D eigenvalue weighted by molar-refractivity contribution is -0.132. The number of amides is 3. The molecule has 30 heavy (non-hydrogen) atoms. The topological polar surface area (TPSA) is 113 Å². The van der Waals surface area contributed by atoms with Crippen LogP contribution in [-0.4, -0.2) is 46.9 Å². The molecule has 2 heterocycles. The van der Waals surface area contributed by atoms with E-state index in [1.54, 1.807) is 23.7 Å². The van der Waals surface area contributed by atoms with Gasteiger partial charge in [-0.25, -0.2) is 9.78 Å². The van der Waals surface area contributed by atoms with Crippen LogP contribution in [0.4, 0.5) is 9.93 Å². The summed E-state index contributed by atoms with van der Waals surface area (Å²) in [5.41, 5.74) is 7.87. The second kappa shape index (κ2) is 10.5. The van der Waals surface area contributed by atoms with Crippen molar-refractivity contribution in [2.75, 3.05) is 25.9 Å². The Morgan fingerprint density at radius 2 is 2.13 bits per heavy atom. The molecule has 2 aromatic rings. The molecule has 0 aromatic carbocycles. The number of fused-ring (bicyclic) bond motifs is 1. The van der Waals surface area contributed by atoms with E-state index < -0.39 is 0 Å². The van der Waals surface area contributed by atoms with Crippen LogP contribution in [-0.2, 0) is 24.2 Å². The highest BCUT2D eigenvalue weighted by Gasteiger charge is 2.31. The zero-order chi connectivity index (χ0) is 21.5. The quantitative estimate of drug-likeness (QED) is 0.592. The van der Waals surface area contributed by atoms with Gasteiger partial charge in [-0.3, -0.25) is 14.7 Å². The molecule has 4 N–H and O–H groups in total. The number of aryl methyl sites for hydroxylation is 1. The number of pyridine rings is 1. The second-order valence-electron chi connectivity index (χ2n) is 7.62. The van der Waals surface area contributed by atoms with Crippen molar-refractivity contribution in [3.05, 3.63) is 40.7 Å². The number of aromatic nitrogens is 2. The predicted octanol–water partition coefficient (Wildman–Crippen LogP) is 2.21. The van der Waals surface area contributed by atoms with E-state index in [9.17, 15) is 9.59 Å². The molecule has 2 aromatic heterocycles. The number of carbonyl (C=O) groups is 2. The van der Waals surface area contributed by atoms with E-state index in [0.29, 0.717) is 30.7 Å². The van der Waals surface area contributed by atoms with E-state index in [1.165, 1.54) is 9.78 Å². The molecule has 9 heteroatoms. The molecule has 3 amide bonds. The highest BCUT2D eigenvalue weighted by molar-refractivity contribution is 7.15. The van der Waals surface area contributed by atoms with Crippen LogP contribution in [0.3, 0.4) is 0 Å². The first-order valence-electron chi connectivity index (χ1n) is 10.4. The molecule has 0 radical (unpaired) electrons. The van der Waals surface area contributed by atoms with Gasteiger partial charge in [-0.2, -0.15) is 0 Å². The molecule has 1 aliphatic rings. The van der Waals surface area contributed by atoms with E-state index in [-0.39, 0.29) is 17.9 Å². The summed E-state index contributed by atoms with van der Waals surface area (Å²) in [6.07, 6.45) is 6.90. The molecular weight excluding hydrogens is 400 g/mol. The van der Waals surface area contributed by atoms with E-state index in [0.717, 1.165) is 36.9 Å². The number of nitrogens with zero attached hydrogens (tertiary/aromatic N) is 3. The van der Waals surface area contributed by atoms with Gasteiger partial charge >= 0.3 is 6.03 Å². The molecule has 0 aliphatic heterocycles. The molecule has 0 spiro atoms. The normalized spacial score (nSPS) is 16.5. The number of imide groups is 1. The minimum Gasteiger partial charge on any atom is -0.375 e. The number of nitrogens with two attached hydrogens (primary N) is 1. The molecular formula is C21H30N6O2S. The third-order valence-electron chi connectivity index (χ3n) is 5.49. The lowest BCUT2D eigenvalue weighted by Crippen LogP contribution is -2.48. The van der Waals surface area contributed by atoms with Crippen LogP contribution < -0.4 is 16.4 Å². The maximum absolute atomic E-state index is 13.2. The average molecular weight is 431 g/mol. The van der Waals surface area contributed by atoms with E-state index >= 15 is 0 Å². The molecule has 162 valence electrons. The minimum atomic E-state index is -0.362. The van der Waals surface area contributed by atoms with Crippen LogP contribution >= 0.6 is 11.3 Å². The van der Waals surface area contributed by atoms with Crippen molar-refractivity contribution in [2.24, 2.45) is 11.8 Å². The van der Waals surface area contributed by atoms with Crippen LogP contribution in [0, 0.1) is 11.8 Å². The summed E-state index contributed by atoms with van der Waals surface area (Å²) in [7, 11) is 1.83. The number of anilines is 1. The van der Waals surface area contributed by atoms with Gasteiger partial charge in [-0.1, -0.05) is 0 Å². The van der Waals surface area contributed by atoms with Crippen LogP contribution in [0.25, 0.3) is 0 Å². The van der Waals surface area contributed by atoms with Crippen LogP contribution in [0.2, 0.25) is 0 Å². The first-order chi connectivity index (χ1) is 14.5. The van der Waals surface area contributed by atoms with Gasteiger partial charge in [0, 0.05) is 36.9 Å². The van der Waals surface area contributed by atoms with Gasteiger partial charge in [0.15, 0.2) is 5.13 Å².